The number of methoxy groups -OCH3 is 3. The molecule has 6 nitrogen and oxygen atoms in total. The highest BCUT2D eigenvalue weighted by molar-refractivity contribution is 6.31. The van der Waals surface area contributed by atoms with E-state index in [0.717, 1.165) is 0 Å². The topological polar surface area (TPSA) is 73.9 Å². The molecule has 0 spiro atoms. The van der Waals surface area contributed by atoms with Crippen LogP contribution in [-0.4, -0.2) is 33.0 Å². The molecule has 3 aromatic carbocycles. The molecule has 3 aromatic rings. The van der Waals surface area contributed by atoms with E-state index in [0.29, 0.717) is 34.1 Å². The molecule has 0 radical (unpaired) electrons. The van der Waals surface area contributed by atoms with E-state index in [1.165, 1.54) is 20.3 Å². The highest BCUT2D eigenvalue weighted by atomic mass is 16.5. The van der Waals surface area contributed by atoms with Gasteiger partial charge in [-0.1, -0.05) is 36.4 Å². The third-order valence-electron chi connectivity index (χ3n) is 4.54. The van der Waals surface area contributed by atoms with Crippen molar-refractivity contribution in [3.05, 3.63) is 89.5 Å². The largest absolute Gasteiger partial charge is 0.497 e. The number of ketones is 1. The second-order valence-corrected chi connectivity index (χ2v) is 6.59. The number of hydrogen-bond donors (Lipinski definition) is 1. The molecule has 0 heterocycles. The molecule has 31 heavy (non-hydrogen) atoms. The maximum Gasteiger partial charge on any atom is 0.259 e. The van der Waals surface area contributed by atoms with Crippen LogP contribution in [0.4, 0.5) is 5.69 Å². The van der Waals surface area contributed by atoms with Crippen molar-refractivity contribution in [3.63, 3.8) is 0 Å². The summed E-state index contributed by atoms with van der Waals surface area (Å²) in [5.41, 5.74) is 1.49. The molecule has 6 heteroatoms. The highest BCUT2D eigenvalue weighted by Gasteiger charge is 2.20. The van der Waals surface area contributed by atoms with Crippen LogP contribution in [0.15, 0.2) is 78.4 Å². The maximum absolute atomic E-state index is 13.2. The molecule has 0 atom stereocenters. The van der Waals surface area contributed by atoms with Gasteiger partial charge in [0, 0.05) is 23.4 Å². The molecule has 1 amide bonds. The SMILES string of the molecule is COc1cccc(NC(=O)/C(=C/c2cc(OC)cc(OC)c2)C(=O)c2ccccc2)c1. The lowest BCUT2D eigenvalue weighted by atomic mass is 10.00. The molecular weight excluding hydrogens is 394 g/mol. The normalized spacial score (nSPS) is 10.9. The number of ether oxygens (including phenoxy) is 3. The molecule has 0 bridgehead atoms. The Balaban J connectivity index is 2.03. The summed E-state index contributed by atoms with van der Waals surface area (Å²) in [5.74, 6) is 0.748. The Morgan fingerprint density at radius 3 is 2.00 bits per heavy atom. The summed E-state index contributed by atoms with van der Waals surface area (Å²) < 4.78 is 15.8. The summed E-state index contributed by atoms with van der Waals surface area (Å²) in [7, 11) is 4.61. The van der Waals surface area contributed by atoms with Crippen molar-refractivity contribution >= 4 is 23.5 Å². The molecule has 0 saturated heterocycles. The first kappa shape index (κ1) is 21.6. The number of carbonyl (C=O) groups is 2. The Kier molecular flexibility index (Phi) is 7.06. The first-order valence-electron chi connectivity index (χ1n) is 9.54. The third kappa shape index (κ3) is 5.51. The van der Waals surface area contributed by atoms with Gasteiger partial charge in [0.25, 0.3) is 5.91 Å². The van der Waals surface area contributed by atoms with E-state index >= 15 is 0 Å². The number of amides is 1. The van der Waals surface area contributed by atoms with Crippen molar-refractivity contribution in [2.45, 2.75) is 0 Å². The van der Waals surface area contributed by atoms with Crippen LogP contribution >= 0.6 is 0 Å². The quantitative estimate of drug-likeness (QED) is 0.251. The number of benzene rings is 3. The fraction of sp³-hybridized carbons (Fsp3) is 0.120. The Hall–Kier alpha value is -4.06. The number of nitrogens with one attached hydrogen (secondary N) is 1. The lowest BCUT2D eigenvalue weighted by molar-refractivity contribution is -0.112. The minimum atomic E-state index is -0.538. The number of carbonyl (C=O) groups excluding carboxylic acids is 2. The summed E-state index contributed by atoms with van der Waals surface area (Å²) in [6.07, 6.45) is 1.52. The van der Waals surface area contributed by atoms with Gasteiger partial charge in [-0.25, -0.2) is 0 Å². The highest BCUT2D eigenvalue weighted by Crippen LogP contribution is 2.25. The first-order chi connectivity index (χ1) is 15.0. The molecule has 158 valence electrons. The summed E-state index contributed by atoms with van der Waals surface area (Å²) in [6.45, 7) is 0. The van der Waals surface area contributed by atoms with Gasteiger partial charge in [-0.3, -0.25) is 9.59 Å². The van der Waals surface area contributed by atoms with Crippen molar-refractivity contribution in [2.24, 2.45) is 0 Å². The van der Waals surface area contributed by atoms with Crippen LogP contribution in [0, 0.1) is 0 Å². The second-order valence-electron chi connectivity index (χ2n) is 6.59. The van der Waals surface area contributed by atoms with Gasteiger partial charge in [0.15, 0.2) is 5.78 Å². The minimum Gasteiger partial charge on any atom is -0.497 e. The molecule has 0 aromatic heterocycles. The zero-order valence-electron chi connectivity index (χ0n) is 17.5. The summed E-state index contributed by atoms with van der Waals surface area (Å²) in [5, 5.41) is 2.77. The lowest BCUT2D eigenvalue weighted by Gasteiger charge is -2.11. The smallest absolute Gasteiger partial charge is 0.259 e. The van der Waals surface area contributed by atoms with Gasteiger partial charge in [-0.15, -0.1) is 0 Å². The zero-order valence-corrected chi connectivity index (χ0v) is 17.5. The number of Topliss-reactive ketones (excluding diaryl/α,β-unsaturated/α-hetero) is 1. The van der Waals surface area contributed by atoms with Crippen LogP contribution in [0.25, 0.3) is 6.08 Å². The first-order valence-corrected chi connectivity index (χ1v) is 9.54. The van der Waals surface area contributed by atoms with E-state index in [1.807, 2.05) is 6.07 Å². The summed E-state index contributed by atoms with van der Waals surface area (Å²) >= 11 is 0. The van der Waals surface area contributed by atoms with E-state index in [-0.39, 0.29) is 5.57 Å². The van der Waals surface area contributed by atoms with Gasteiger partial charge in [0.2, 0.25) is 0 Å². The van der Waals surface area contributed by atoms with Crippen LogP contribution in [-0.2, 0) is 4.79 Å². The van der Waals surface area contributed by atoms with Crippen molar-refractivity contribution in [1.29, 1.82) is 0 Å². The van der Waals surface area contributed by atoms with Gasteiger partial charge < -0.3 is 19.5 Å². The molecule has 0 unspecified atom stereocenters. The third-order valence-corrected chi connectivity index (χ3v) is 4.54. The second kappa shape index (κ2) is 10.1. The molecule has 0 fully saturated rings. The van der Waals surface area contributed by atoms with Gasteiger partial charge in [0.05, 0.1) is 26.9 Å². The Bertz CT molecular complexity index is 1080. The van der Waals surface area contributed by atoms with E-state index < -0.39 is 11.7 Å². The maximum atomic E-state index is 13.2. The molecule has 0 aliphatic carbocycles. The van der Waals surface area contributed by atoms with Crippen molar-refractivity contribution in [1.82, 2.24) is 0 Å². The molecular formula is C25H23NO5. The zero-order chi connectivity index (χ0) is 22.2. The van der Waals surface area contributed by atoms with E-state index in [4.69, 9.17) is 14.2 Å². The average Bonchev–Trinajstić information content (AvgIpc) is 2.82. The summed E-state index contributed by atoms with van der Waals surface area (Å²) in [4.78, 5) is 26.3. The van der Waals surface area contributed by atoms with Crippen LogP contribution in [0.2, 0.25) is 0 Å². The Labute approximate surface area is 181 Å². The summed E-state index contributed by atoms with van der Waals surface area (Å²) in [6, 6.07) is 20.7. The molecule has 1 N–H and O–H groups in total. The fourth-order valence-electron chi connectivity index (χ4n) is 2.96. The lowest BCUT2D eigenvalue weighted by Crippen LogP contribution is -2.20. The molecule has 3 rings (SSSR count). The van der Waals surface area contributed by atoms with E-state index in [1.54, 1.807) is 73.8 Å². The predicted octanol–water partition coefficient (Wildman–Crippen LogP) is 4.62. The molecule has 0 aliphatic heterocycles. The van der Waals surface area contributed by atoms with Crippen LogP contribution in [0.1, 0.15) is 15.9 Å². The number of rotatable bonds is 8. The van der Waals surface area contributed by atoms with E-state index in [2.05, 4.69) is 5.32 Å². The monoisotopic (exact) mass is 417 g/mol. The van der Waals surface area contributed by atoms with Crippen molar-refractivity contribution in [3.8, 4) is 17.2 Å². The van der Waals surface area contributed by atoms with Crippen molar-refractivity contribution < 1.29 is 23.8 Å². The van der Waals surface area contributed by atoms with Crippen LogP contribution in [0.5, 0.6) is 17.2 Å². The molecule has 0 saturated carbocycles. The number of hydrogen-bond acceptors (Lipinski definition) is 5. The minimum absolute atomic E-state index is 0.0238. The average molecular weight is 417 g/mol. The number of anilines is 1. The van der Waals surface area contributed by atoms with Crippen molar-refractivity contribution in [2.75, 3.05) is 26.6 Å². The van der Waals surface area contributed by atoms with E-state index in [9.17, 15) is 9.59 Å². The van der Waals surface area contributed by atoms with Gasteiger partial charge in [-0.05, 0) is 35.9 Å². The van der Waals surface area contributed by atoms with Crippen LogP contribution in [0.3, 0.4) is 0 Å². The Morgan fingerprint density at radius 2 is 1.39 bits per heavy atom. The van der Waals surface area contributed by atoms with Crippen LogP contribution < -0.4 is 19.5 Å². The van der Waals surface area contributed by atoms with Gasteiger partial charge in [-0.2, -0.15) is 0 Å². The molecule has 0 aliphatic rings. The Morgan fingerprint density at radius 1 is 0.742 bits per heavy atom. The van der Waals surface area contributed by atoms with Gasteiger partial charge >= 0.3 is 0 Å². The standard InChI is InChI=1S/C25H23NO5/c1-29-20-11-7-10-19(15-20)26-25(28)23(24(27)18-8-5-4-6-9-18)14-17-12-21(30-2)16-22(13-17)31-3/h4-16H,1-3H3,(H,26,28)/b23-14+. The van der Waals surface area contributed by atoms with Gasteiger partial charge in [0.1, 0.15) is 17.2 Å². The fourth-order valence-corrected chi connectivity index (χ4v) is 2.96. The predicted molar refractivity (Wildman–Crippen MR) is 120 cm³/mol.